The van der Waals surface area contributed by atoms with Gasteiger partial charge in [-0.25, -0.2) is 26.0 Å². The van der Waals surface area contributed by atoms with E-state index in [2.05, 4.69) is 4.98 Å². The topological polar surface area (TPSA) is 88.6 Å². The molecule has 1 amide bonds. The van der Waals surface area contributed by atoms with Gasteiger partial charge >= 0.3 is 6.18 Å². The van der Waals surface area contributed by atoms with Crippen LogP contribution in [0.2, 0.25) is 0 Å². The molecular weight excluding hydrogens is 523 g/mol. The van der Waals surface area contributed by atoms with Crippen LogP contribution in [0.5, 0.6) is 0 Å². The Hall–Kier alpha value is -3.20. The summed E-state index contributed by atoms with van der Waals surface area (Å²) in [6.07, 6.45) is -2.88. The maximum absolute atomic E-state index is 15.1. The molecule has 7 nitrogen and oxygen atoms in total. The first-order chi connectivity index (χ1) is 16.5. The molecule has 1 saturated heterocycles. The standard InChI is InChI=1S/C21H16F7N3O4S/c1-36(33,34)8-17(32)31-9-19(25,10-31)16-3-2-11(7-29-16)15-6-20(35-30-15,21(26,27)28)12-4-13(22)18(24)14(23)5-12/h2-7,30H,8-10H2,1H3. The van der Waals surface area contributed by atoms with E-state index in [0.717, 1.165) is 23.4 Å². The molecule has 0 bridgehead atoms. The molecule has 0 aliphatic carbocycles. The number of sulfone groups is 1. The fourth-order valence-electron chi connectivity index (χ4n) is 3.79. The van der Waals surface area contributed by atoms with Crippen molar-refractivity contribution in [1.29, 1.82) is 0 Å². The molecule has 2 aliphatic heterocycles. The van der Waals surface area contributed by atoms with E-state index in [1.54, 1.807) is 0 Å². The maximum Gasteiger partial charge on any atom is 0.428 e. The summed E-state index contributed by atoms with van der Waals surface area (Å²) >= 11 is 0. The number of nitrogens with zero attached hydrogens (tertiary/aromatic N) is 2. The summed E-state index contributed by atoms with van der Waals surface area (Å²) in [5.74, 6) is -7.19. The van der Waals surface area contributed by atoms with E-state index in [0.29, 0.717) is 6.08 Å². The van der Waals surface area contributed by atoms with Crippen molar-refractivity contribution in [1.82, 2.24) is 15.4 Å². The van der Waals surface area contributed by atoms with Gasteiger partial charge in [-0.15, -0.1) is 0 Å². The number of carbonyl (C=O) groups is 1. The Kier molecular flexibility index (Phi) is 6.06. The number of likely N-dealkylation sites (tertiary alicyclic amines) is 1. The van der Waals surface area contributed by atoms with Gasteiger partial charge in [0, 0.05) is 23.6 Å². The van der Waals surface area contributed by atoms with Crippen molar-refractivity contribution < 1.29 is 48.8 Å². The SMILES string of the molecule is CS(=O)(=O)CC(=O)N1CC(F)(c2ccc(C3=CC(c4cc(F)c(F)c(F)c4)(C(F)(F)F)ON3)cn2)C1. The molecule has 2 aliphatic rings. The quantitative estimate of drug-likeness (QED) is 0.465. The van der Waals surface area contributed by atoms with E-state index in [-0.39, 0.29) is 29.1 Å². The largest absolute Gasteiger partial charge is 0.428 e. The van der Waals surface area contributed by atoms with Crippen molar-refractivity contribution in [3.63, 3.8) is 0 Å². The summed E-state index contributed by atoms with van der Waals surface area (Å²) in [6, 6.07) is 2.68. The van der Waals surface area contributed by atoms with Crippen LogP contribution in [0.15, 0.2) is 36.5 Å². The van der Waals surface area contributed by atoms with Gasteiger partial charge in [-0.3, -0.25) is 20.1 Å². The zero-order valence-electron chi connectivity index (χ0n) is 18.2. The van der Waals surface area contributed by atoms with Gasteiger partial charge in [0.05, 0.1) is 24.5 Å². The van der Waals surface area contributed by atoms with Crippen molar-refractivity contribution >= 4 is 21.4 Å². The molecule has 1 aromatic carbocycles. The number of carbonyl (C=O) groups excluding carboxylic acids is 1. The van der Waals surface area contributed by atoms with Crippen molar-refractivity contribution in [3.8, 4) is 0 Å². The van der Waals surface area contributed by atoms with Gasteiger partial charge in [0.2, 0.25) is 11.5 Å². The minimum Gasteiger partial charge on any atom is -0.334 e. The Morgan fingerprint density at radius 1 is 1.17 bits per heavy atom. The van der Waals surface area contributed by atoms with Crippen molar-refractivity contribution in [2.45, 2.75) is 17.4 Å². The molecule has 1 fully saturated rings. The molecule has 36 heavy (non-hydrogen) atoms. The van der Waals surface area contributed by atoms with Crippen LogP contribution < -0.4 is 5.48 Å². The molecule has 0 saturated carbocycles. The third kappa shape index (κ3) is 4.52. The average molecular weight is 539 g/mol. The number of hydrogen-bond donors (Lipinski definition) is 1. The average Bonchev–Trinajstić information content (AvgIpc) is 3.21. The second-order valence-corrected chi connectivity index (χ2v) is 10.6. The third-order valence-electron chi connectivity index (χ3n) is 5.66. The lowest BCUT2D eigenvalue weighted by Crippen LogP contribution is -2.60. The highest BCUT2D eigenvalue weighted by Crippen LogP contribution is 2.47. The Morgan fingerprint density at radius 3 is 2.28 bits per heavy atom. The monoisotopic (exact) mass is 539 g/mol. The summed E-state index contributed by atoms with van der Waals surface area (Å²) in [4.78, 5) is 21.5. The minimum absolute atomic E-state index is 0.0131. The van der Waals surface area contributed by atoms with Crippen LogP contribution in [0, 0.1) is 17.5 Å². The van der Waals surface area contributed by atoms with Gasteiger partial charge < -0.3 is 4.90 Å². The zero-order chi connectivity index (χ0) is 26.7. The summed E-state index contributed by atoms with van der Waals surface area (Å²) in [6.45, 7) is -0.923. The van der Waals surface area contributed by atoms with Crippen molar-refractivity contribution in [2.24, 2.45) is 0 Å². The fourth-order valence-corrected chi connectivity index (χ4v) is 4.42. The second-order valence-electron chi connectivity index (χ2n) is 8.47. The molecule has 1 unspecified atom stereocenters. The van der Waals surface area contributed by atoms with Gasteiger partial charge in [-0.2, -0.15) is 13.2 Å². The minimum atomic E-state index is -5.23. The van der Waals surface area contributed by atoms with Gasteiger partial charge in [-0.1, -0.05) is 0 Å². The zero-order valence-corrected chi connectivity index (χ0v) is 19.0. The number of halogens is 7. The lowest BCUT2D eigenvalue weighted by Gasteiger charge is -2.43. The maximum atomic E-state index is 15.1. The lowest BCUT2D eigenvalue weighted by atomic mass is 9.90. The molecule has 1 aromatic heterocycles. The van der Waals surface area contributed by atoms with E-state index in [1.807, 2.05) is 5.48 Å². The highest BCUT2D eigenvalue weighted by Gasteiger charge is 2.60. The smallest absolute Gasteiger partial charge is 0.334 e. The number of hydrogen-bond acceptors (Lipinski definition) is 6. The molecule has 3 heterocycles. The highest BCUT2D eigenvalue weighted by molar-refractivity contribution is 7.91. The molecule has 1 atom stereocenters. The summed E-state index contributed by atoms with van der Waals surface area (Å²) in [7, 11) is -3.60. The Morgan fingerprint density at radius 2 is 1.78 bits per heavy atom. The molecule has 194 valence electrons. The van der Waals surface area contributed by atoms with E-state index < -0.39 is 75.0 Å². The van der Waals surface area contributed by atoms with Crippen molar-refractivity contribution in [3.05, 3.63) is 70.8 Å². The van der Waals surface area contributed by atoms with Gasteiger partial charge in [0.1, 0.15) is 5.75 Å². The van der Waals surface area contributed by atoms with E-state index in [4.69, 9.17) is 4.84 Å². The second kappa shape index (κ2) is 8.44. The van der Waals surface area contributed by atoms with Crippen LogP contribution in [0.3, 0.4) is 0 Å². The molecule has 0 radical (unpaired) electrons. The number of nitrogens with one attached hydrogen (secondary N) is 1. The van der Waals surface area contributed by atoms with Crippen LogP contribution in [0.25, 0.3) is 5.70 Å². The number of benzene rings is 1. The first-order valence-corrected chi connectivity index (χ1v) is 12.1. The number of alkyl halides is 4. The summed E-state index contributed by atoms with van der Waals surface area (Å²) in [5.41, 5.74) is -5.00. The van der Waals surface area contributed by atoms with Crippen LogP contribution in [-0.4, -0.2) is 55.5 Å². The van der Waals surface area contributed by atoms with Crippen LogP contribution >= 0.6 is 0 Å². The van der Waals surface area contributed by atoms with Crippen molar-refractivity contribution in [2.75, 3.05) is 25.1 Å². The van der Waals surface area contributed by atoms with E-state index >= 15 is 4.39 Å². The first kappa shape index (κ1) is 25.9. The Balaban J connectivity index is 1.58. The molecule has 0 spiro atoms. The number of pyridine rings is 1. The van der Waals surface area contributed by atoms with Crippen LogP contribution in [0.1, 0.15) is 16.8 Å². The van der Waals surface area contributed by atoms with E-state index in [9.17, 15) is 39.6 Å². The predicted molar refractivity (Wildman–Crippen MR) is 110 cm³/mol. The molecule has 1 N–H and O–H groups in total. The number of hydroxylamine groups is 1. The van der Waals surface area contributed by atoms with Crippen LogP contribution in [0.4, 0.5) is 30.7 Å². The molecule has 15 heteroatoms. The predicted octanol–water partition coefficient (Wildman–Crippen LogP) is 2.88. The number of amides is 1. The lowest BCUT2D eigenvalue weighted by molar-refractivity contribution is -0.269. The fraction of sp³-hybridized carbons (Fsp3) is 0.333. The van der Waals surface area contributed by atoms with Gasteiger partial charge in [-0.05, 0) is 30.3 Å². The third-order valence-corrected chi connectivity index (χ3v) is 6.43. The Bertz CT molecular complexity index is 1330. The Labute approximate surface area is 199 Å². The summed E-state index contributed by atoms with van der Waals surface area (Å²) < 4.78 is 120. The molecule has 4 rings (SSSR count). The molecular formula is C21H16F7N3O4S. The normalized spacial score (nSPS) is 21.6. The number of aromatic nitrogens is 1. The van der Waals surface area contributed by atoms with Gasteiger partial charge in [0.15, 0.2) is 33.0 Å². The summed E-state index contributed by atoms with van der Waals surface area (Å²) in [5, 5.41) is 0. The van der Waals surface area contributed by atoms with Gasteiger partial charge in [0.25, 0.3) is 0 Å². The molecule has 2 aromatic rings. The highest BCUT2D eigenvalue weighted by atomic mass is 32.2. The number of rotatable bonds is 5. The van der Waals surface area contributed by atoms with Crippen LogP contribution in [-0.2, 0) is 30.7 Å². The van der Waals surface area contributed by atoms with E-state index in [1.165, 1.54) is 6.07 Å². The first-order valence-electron chi connectivity index (χ1n) is 10.0.